The van der Waals surface area contributed by atoms with Gasteiger partial charge in [-0.2, -0.15) is 0 Å². The standard InChI is InChI=1S/C57H37N5/c1-3-14-43(15-4-1)52-36-53(44-16-5-2-6-17-44)62-57(61-52)45-28-26-39(27-29-45)38-22-24-40(25-23-38)46-30-31-51(59-37-46)54-34-47(49-21-11-18-41-12-7-9-19-48(41)49)35-55(60-54)56-50-20-10-8-13-42(50)32-33-58-56/h1-37H. The maximum absolute atomic E-state index is 5.21. The number of nitrogens with zero attached hydrogens (tertiary/aromatic N) is 5. The van der Waals surface area contributed by atoms with Crippen LogP contribution in [0.2, 0.25) is 0 Å². The molecule has 0 aliphatic carbocycles. The Hall–Kier alpha value is -8.41. The van der Waals surface area contributed by atoms with E-state index in [9.17, 15) is 0 Å². The number of hydrogen-bond donors (Lipinski definition) is 0. The van der Waals surface area contributed by atoms with E-state index in [0.717, 1.165) is 95.0 Å². The van der Waals surface area contributed by atoms with Crippen LogP contribution in [-0.2, 0) is 0 Å². The predicted octanol–water partition coefficient (Wildman–Crippen LogP) is 14.3. The number of benzene rings is 7. The molecule has 0 N–H and O–H groups in total. The molecule has 290 valence electrons. The highest BCUT2D eigenvalue weighted by Gasteiger charge is 2.16. The summed E-state index contributed by atoms with van der Waals surface area (Å²) < 4.78 is 0. The molecule has 0 saturated heterocycles. The molecular weight excluding hydrogens is 755 g/mol. The summed E-state index contributed by atoms with van der Waals surface area (Å²) in [5, 5.41) is 4.56. The second-order valence-corrected chi connectivity index (χ2v) is 15.3. The molecule has 5 nitrogen and oxygen atoms in total. The average molecular weight is 792 g/mol. The third-order valence-corrected chi connectivity index (χ3v) is 11.4. The molecule has 0 radical (unpaired) electrons. The number of hydrogen-bond acceptors (Lipinski definition) is 5. The van der Waals surface area contributed by atoms with E-state index >= 15 is 0 Å². The number of pyridine rings is 3. The molecule has 0 fully saturated rings. The Kier molecular flexibility index (Phi) is 9.45. The molecule has 0 bridgehead atoms. The van der Waals surface area contributed by atoms with E-state index in [4.69, 9.17) is 24.9 Å². The van der Waals surface area contributed by atoms with Gasteiger partial charge < -0.3 is 0 Å². The van der Waals surface area contributed by atoms with Crippen molar-refractivity contribution in [1.29, 1.82) is 0 Å². The van der Waals surface area contributed by atoms with E-state index in [1.807, 2.05) is 54.9 Å². The van der Waals surface area contributed by atoms with Gasteiger partial charge in [0.25, 0.3) is 0 Å². The number of aromatic nitrogens is 5. The smallest absolute Gasteiger partial charge is 0.160 e. The molecule has 5 heteroatoms. The van der Waals surface area contributed by atoms with Crippen molar-refractivity contribution in [3.63, 3.8) is 0 Å². The van der Waals surface area contributed by atoms with Crippen molar-refractivity contribution in [1.82, 2.24) is 24.9 Å². The van der Waals surface area contributed by atoms with Crippen molar-refractivity contribution >= 4 is 21.5 Å². The summed E-state index contributed by atoms with van der Waals surface area (Å²) in [5.41, 5.74) is 14.7. The third-order valence-electron chi connectivity index (χ3n) is 11.4. The number of fused-ring (bicyclic) bond motifs is 2. The van der Waals surface area contributed by atoms with Gasteiger partial charge in [0.2, 0.25) is 0 Å². The quantitative estimate of drug-likeness (QED) is 0.153. The summed E-state index contributed by atoms with van der Waals surface area (Å²) in [6.45, 7) is 0. The highest BCUT2D eigenvalue weighted by atomic mass is 14.9. The summed E-state index contributed by atoms with van der Waals surface area (Å²) in [4.78, 5) is 25.1. The largest absolute Gasteiger partial charge is 0.254 e. The summed E-state index contributed by atoms with van der Waals surface area (Å²) in [6.07, 6.45) is 3.80. The Balaban J connectivity index is 0.890. The van der Waals surface area contributed by atoms with Gasteiger partial charge in [-0.1, -0.05) is 182 Å². The topological polar surface area (TPSA) is 64.5 Å². The van der Waals surface area contributed by atoms with Crippen molar-refractivity contribution in [2.45, 2.75) is 0 Å². The van der Waals surface area contributed by atoms with Crippen LogP contribution in [0, 0.1) is 0 Å². The third kappa shape index (κ3) is 7.18. The van der Waals surface area contributed by atoms with Crippen LogP contribution in [-0.4, -0.2) is 24.9 Å². The van der Waals surface area contributed by atoms with Gasteiger partial charge in [0.1, 0.15) is 0 Å². The van der Waals surface area contributed by atoms with Crippen LogP contribution in [0.5, 0.6) is 0 Å². The lowest BCUT2D eigenvalue weighted by Gasteiger charge is -2.13. The minimum atomic E-state index is 0.694. The molecule has 4 aromatic heterocycles. The first-order valence-corrected chi connectivity index (χ1v) is 20.7. The zero-order valence-electron chi connectivity index (χ0n) is 33.6. The van der Waals surface area contributed by atoms with Gasteiger partial charge in [0.15, 0.2) is 5.82 Å². The summed E-state index contributed by atoms with van der Waals surface area (Å²) in [6, 6.07) is 73.6. The highest BCUT2D eigenvalue weighted by molar-refractivity contribution is 5.99. The van der Waals surface area contributed by atoms with Gasteiger partial charge in [0.05, 0.1) is 34.2 Å². The molecule has 0 spiro atoms. The van der Waals surface area contributed by atoms with Crippen LogP contribution < -0.4 is 0 Å². The maximum Gasteiger partial charge on any atom is 0.160 e. The molecule has 62 heavy (non-hydrogen) atoms. The molecular formula is C57H37N5. The molecule has 4 heterocycles. The summed E-state index contributed by atoms with van der Waals surface area (Å²) in [5.74, 6) is 0.694. The fourth-order valence-electron chi connectivity index (χ4n) is 8.21. The van der Waals surface area contributed by atoms with Crippen molar-refractivity contribution in [3.8, 4) is 90.1 Å². The van der Waals surface area contributed by atoms with Crippen LogP contribution in [0.4, 0.5) is 0 Å². The Bertz CT molecular complexity index is 3200. The average Bonchev–Trinajstić information content (AvgIpc) is 3.36. The van der Waals surface area contributed by atoms with Crippen molar-refractivity contribution in [2.75, 3.05) is 0 Å². The van der Waals surface area contributed by atoms with E-state index in [1.54, 1.807) is 0 Å². The molecule has 0 atom stereocenters. The Morgan fingerprint density at radius 3 is 1.45 bits per heavy atom. The lowest BCUT2D eigenvalue weighted by molar-refractivity contribution is 1.18. The molecule has 0 unspecified atom stereocenters. The van der Waals surface area contributed by atoms with Crippen molar-refractivity contribution in [2.24, 2.45) is 0 Å². The van der Waals surface area contributed by atoms with E-state index in [0.29, 0.717) is 5.82 Å². The fourth-order valence-corrected chi connectivity index (χ4v) is 8.21. The highest BCUT2D eigenvalue weighted by Crippen LogP contribution is 2.36. The van der Waals surface area contributed by atoms with E-state index in [2.05, 4.69) is 170 Å². The lowest BCUT2D eigenvalue weighted by atomic mass is 9.96. The number of rotatable bonds is 8. The summed E-state index contributed by atoms with van der Waals surface area (Å²) >= 11 is 0. The van der Waals surface area contributed by atoms with E-state index in [1.165, 1.54) is 10.8 Å². The second kappa shape index (κ2) is 16.0. The summed E-state index contributed by atoms with van der Waals surface area (Å²) in [7, 11) is 0. The van der Waals surface area contributed by atoms with Gasteiger partial charge in [-0.05, 0) is 74.3 Å². The van der Waals surface area contributed by atoms with E-state index in [-0.39, 0.29) is 0 Å². The molecule has 0 amide bonds. The molecule has 0 aliphatic heterocycles. The predicted molar refractivity (Wildman–Crippen MR) is 254 cm³/mol. The van der Waals surface area contributed by atoms with Gasteiger partial charge in [-0.3, -0.25) is 9.97 Å². The Morgan fingerprint density at radius 1 is 0.274 bits per heavy atom. The first-order valence-electron chi connectivity index (χ1n) is 20.7. The molecule has 11 aromatic rings. The minimum Gasteiger partial charge on any atom is -0.254 e. The van der Waals surface area contributed by atoms with Gasteiger partial charge in [0, 0.05) is 40.0 Å². The fraction of sp³-hybridized carbons (Fsp3) is 0. The van der Waals surface area contributed by atoms with Crippen LogP contribution in [0.3, 0.4) is 0 Å². The normalized spacial score (nSPS) is 11.2. The minimum absolute atomic E-state index is 0.694. The van der Waals surface area contributed by atoms with Gasteiger partial charge in [-0.15, -0.1) is 0 Å². The molecule has 0 aliphatic rings. The van der Waals surface area contributed by atoms with Crippen LogP contribution in [0.15, 0.2) is 225 Å². The molecule has 11 rings (SSSR count). The molecule has 0 saturated carbocycles. The zero-order chi connectivity index (χ0) is 41.2. The SMILES string of the molecule is c1ccc(-c2cc(-c3ccccc3)nc(-c3ccc(-c4ccc(-c5ccc(-c6cc(-c7cccc8ccccc78)cc(-c7nccc8ccccc78)n6)nc5)cc4)cc3)n2)cc1. The second-order valence-electron chi connectivity index (χ2n) is 15.3. The van der Waals surface area contributed by atoms with Crippen LogP contribution in [0.25, 0.3) is 112 Å². The lowest BCUT2D eigenvalue weighted by Crippen LogP contribution is -1.96. The Labute approximate surface area is 359 Å². The van der Waals surface area contributed by atoms with Gasteiger partial charge >= 0.3 is 0 Å². The Morgan fingerprint density at radius 2 is 0.806 bits per heavy atom. The monoisotopic (exact) mass is 791 g/mol. The van der Waals surface area contributed by atoms with Crippen molar-refractivity contribution < 1.29 is 0 Å². The maximum atomic E-state index is 5.21. The van der Waals surface area contributed by atoms with Crippen LogP contribution >= 0.6 is 0 Å². The molecule has 7 aromatic carbocycles. The zero-order valence-corrected chi connectivity index (χ0v) is 33.6. The first-order chi connectivity index (χ1) is 30.7. The van der Waals surface area contributed by atoms with Gasteiger partial charge in [-0.25, -0.2) is 15.0 Å². The first kappa shape index (κ1) is 36.7. The van der Waals surface area contributed by atoms with Crippen LogP contribution in [0.1, 0.15) is 0 Å². The van der Waals surface area contributed by atoms with E-state index < -0.39 is 0 Å². The van der Waals surface area contributed by atoms with Crippen molar-refractivity contribution in [3.05, 3.63) is 225 Å².